The maximum absolute atomic E-state index is 13.6. The molecule has 4 nitrogen and oxygen atoms in total. The van der Waals surface area contributed by atoms with Gasteiger partial charge >= 0.3 is 0 Å². The molecule has 21 heavy (non-hydrogen) atoms. The summed E-state index contributed by atoms with van der Waals surface area (Å²) in [6.45, 7) is -0.0435. The molecular formula is C16H12FNO3. The van der Waals surface area contributed by atoms with Crippen molar-refractivity contribution in [3.63, 3.8) is 0 Å². The van der Waals surface area contributed by atoms with Gasteiger partial charge in [-0.1, -0.05) is 0 Å². The first-order chi connectivity index (χ1) is 10.2. The van der Waals surface area contributed by atoms with Gasteiger partial charge in [-0.3, -0.25) is 4.79 Å². The smallest absolute Gasteiger partial charge is 0.161 e. The summed E-state index contributed by atoms with van der Waals surface area (Å²) in [5.74, 6) is 0.332. The summed E-state index contributed by atoms with van der Waals surface area (Å²) < 4.78 is 24.3. The molecule has 0 unspecified atom stereocenters. The molecule has 106 valence electrons. The molecule has 2 aromatic rings. The second-order valence-corrected chi connectivity index (χ2v) is 4.23. The quantitative estimate of drug-likeness (QED) is 0.792. The molecule has 0 aliphatic carbocycles. The van der Waals surface area contributed by atoms with Crippen molar-refractivity contribution in [3.05, 3.63) is 58.9 Å². The largest absolute Gasteiger partial charge is 0.493 e. The Morgan fingerprint density at radius 3 is 2.71 bits per heavy atom. The predicted octanol–water partition coefficient (Wildman–Crippen LogP) is 3.10. The number of hydrogen-bond donors (Lipinski definition) is 0. The second kappa shape index (κ2) is 6.53. The summed E-state index contributed by atoms with van der Waals surface area (Å²) in [5, 5.41) is 8.81. The fourth-order valence-corrected chi connectivity index (χ4v) is 1.79. The molecule has 0 aliphatic heterocycles. The van der Waals surface area contributed by atoms with E-state index in [1.165, 1.54) is 31.4 Å². The molecule has 0 aromatic heterocycles. The lowest BCUT2D eigenvalue weighted by Crippen LogP contribution is -2.01. The molecule has 0 fully saturated rings. The van der Waals surface area contributed by atoms with Gasteiger partial charge in [0.15, 0.2) is 11.5 Å². The standard InChI is InChI=1S/C16H12FNO3/c1-20-16-7-12(9-19)3-5-15(16)21-10-13-6-11(8-18)2-4-14(13)17/h2-7,9H,10H2,1H3. The average molecular weight is 285 g/mol. The molecular weight excluding hydrogens is 273 g/mol. The Kier molecular flexibility index (Phi) is 4.52. The minimum Gasteiger partial charge on any atom is -0.493 e. The number of nitrogens with zero attached hydrogens (tertiary/aromatic N) is 1. The summed E-state index contributed by atoms with van der Waals surface area (Å²) in [7, 11) is 1.45. The lowest BCUT2D eigenvalue weighted by atomic mass is 10.1. The van der Waals surface area contributed by atoms with Gasteiger partial charge in [0.25, 0.3) is 0 Å². The van der Waals surface area contributed by atoms with Crippen LogP contribution in [-0.2, 0) is 6.61 Å². The van der Waals surface area contributed by atoms with Crippen LogP contribution in [0.2, 0.25) is 0 Å². The van der Waals surface area contributed by atoms with Gasteiger partial charge in [-0.15, -0.1) is 0 Å². The first-order valence-electron chi connectivity index (χ1n) is 6.12. The second-order valence-electron chi connectivity index (χ2n) is 4.23. The minimum absolute atomic E-state index is 0.0435. The summed E-state index contributed by atoms with van der Waals surface area (Å²) in [6, 6.07) is 10.7. The minimum atomic E-state index is -0.447. The number of hydrogen-bond acceptors (Lipinski definition) is 4. The van der Waals surface area contributed by atoms with Crippen molar-refractivity contribution in [2.45, 2.75) is 6.61 Å². The van der Waals surface area contributed by atoms with Crippen LogP contribution in [0.5, 0.6) is 11.5 Å². The summed E-state index contributed by atoms with van der Waals surface area (Å²) >= 11 is 0. The van der Waals surface area contributed by atoms with Crippen LogP contribution in [0.1, 0.15) is 21.5 Å². The van der Waals surface area contributed by atoms with Crippen molar-refractivity contribution in [3.8, 4) is 17.6 Å². The third kappa shape index (κ3) is 3.37. The van der Waals surface area contributed by atoms with Crippen molar-refractivity contribution in [1.82, 2.24) is 0 Å². The highest BCUT2D eigenvalue weighted by molar-refractivity contribution is 5.76. The first-order valence-corrected chi connectivity index (χ1v) is 6.12. The number of carbonyl (C=O) groups is 1. The topological polar surface area (TPSA) is 59.3 Å². The van der Waals surface area contributed by atoms with Crippen LogP contribution in [0.15, 0.2) is 36.4 Å². The van der Waals surface area contributed by atoms with E-state index in [9.17, 15) is 9.18 Å². The molecule has 0 radical (unpaired) electrons. The van der Waals surface area contributed by atoms with E-state index in [1.807, 2.05) is 6.07 Å². The van der Waals surface area contributed by atoms with Gasteiger partial charge in [-0.05, 0) is 36.4 Å². The van der Waals surface area contributed by atoms with Crippen LogP contribution in [-0.4, -0.2) is 13.4 Å². The van der Waals surface area contributed by atoms with E-state index in [0.29, 0.717) is 28.9 Å². The third-order valence-corrected chi connectivity index (χ3v) is 2.88. The first kappa shape index (κ1) is 14.5. The van der Waals surface area contributed by atoms with Gasteiger partial charge in [0, 0.05) is 11.1 Å². The molecule has 0 amide bonds. The van der Waals surface area contributed by atoms with Crippen LogP contribution in [0.25, 0.3) is 0 Å². The Hall–Kier alpha value is -2.87. The lowest BCUT2D eigenvalue weighted by Gasteiger charge is -2.11. The maximum atomic E-state index is 13.6. The van der Waals surface area contributed by atoms with Crippen LogP contribution in [0.4, 0.5) is 4.39 Å². The van der Waals surface area contributed by atoms with Crippen LogP contribution < -0.4 is 9.47 Å². The summed E-state index contributed by atoms with van der Waals surface area (Å²) in [6.07, 6.45) is 0.697. The highest BCUT2D eigenvalue weighted by Crippen LogP contribution is 2.28. The van der Waals surface area contributed by atoms with E-state index in [1.54, 1.807) is 12.1 Å². The molecule has 5 heteroatoms. The number of halogens is 1. The van der Waals surface area contributed by atoms with Gasteiger partial charge in [0.1, 0.15) is 18.7 Å². The molecule has 2 rings (SSSR count). The Labute approximate surface area is 121 Å². The van der Waals surface area contributed by atoms with Crippen molar-refractivity contribution >= 4 is 6.29 Å². The number of methoxy groups -OCH3 is 1. The molecule has 0 spiro atoms. The highest BCUT2D eigenvalue weighted by atomic mass is 19.1. The maximum Gasteiger partial charge on any atom is 0.161 e. The Balaban J connectivity index is 2.20. The number of aldehydes is 1. The van der Waals surface area contributed by atoms with Crippen molar-refractivity contribution in [2.75, 3.05) is 7.11 Å². The van der Waals surface area contributed by atoms with E-state index >= 15 is 0 Å². The van der Waals surface area contributed by atoms with Crippen LogP contribution in [0.3, 0.4) is 0 Å². The van der Waals surface area contributed by atoms with Gasteiger partial charge in [0.2, 0.25) is 0 Å². The fraction of sp³-hybridized carbons (Fsp3) is 0.125. The number of ether oxygens (including phenoxy) is 2. The Morgan fingerprint density at radius 2 is 2.05 bits per heavy atom. The summed E-state index contributed by atoms with van der Waals surface area (Å²) in [4.78, 5) is 10.7. The van der Waals surface area contributed by atoms with E-state index in [4.69, 9.17) is 14.7 Å². The molecule has 0 aliphatic rings. The number of carbonyl (C=O) groups excluding carboxylic acids is 1. The fourth-order valence-electron chi connectivity index (χ4n) is 1.79. The number of nitriles is 1. The molecule has 0 atom stereocenters. The van der Waals surface area contributed by atoms with Gasteiger partial charge in [-0.25, -0.2) is 4.39 Å². The highest BCUT2D eigenvalue weighted by Gasteiger charge is 2.09. The molecule has 2 aromatic carbocycles. The third-order valence-electron chi connectivity index (χ3n) is 2.88. The van der Waals surface area contributed by atoms with Crippen LogP contribution in [0, 0.1) is 17.1 Å². The van der Waals surface area contributed by atoms with Crippen molar-refractivity contribution in [1.29, 1.82) is 5.26 Å². The van der Waals surface area contributed by atoms with E-state index in [0.717, 1.165) is 0 Å². The van der Waals surface area contributed by atoms with E-state index in [2.05, 4.69) is 0 Å². The SMILES string of the molecule is COc1cc(C=O)ccc1OCc1cc(C#N)ccc1F. The monoisotopic (exact) mass is 285 g/mol. The molecule has 0 N–H and O–H groups in total. The predicted molar refractivity (Wildman–Crippen MR) is 73.8 cm³/mol. The van der Waals surface area contributed by atoms with Crippen molar-refractivity contribution in [2.24, 2.45) is 0 Å². The van der Waals surface area contributed by atoms with E-state index in [-0.39, 0.29) is 12.2 Å². The normalized spacial score (nSPS) is 9.76. The number of rotatable bonds is 5. The van der Waals surface area contributed by atoms with Crippen LogP contribution >= 0.6 is 0 Å². The zero-order valence-corrected chi connectivity index (χ0v) is 11.3. The number of benzene rings is 2. The Bertz CT molecular complexity index is 707. The molecule has 0 heterocycles. The zero-order valence-electron chi connectivity index (χ0n) is 11.3. The lowest BCUT2D eigenvalue weighted by molar-refractivity contribution is 0.112. The van der Waals surface area contributed by atoms with E-state index < -0.39 is 5.82 Å². The average Bonchev–Trinajstić information content (AvgIpc) is 2.54. The summed E-state index contributed by atoms with van der Waals surface area (Å²) in [5.41, 5.74) is 1.09. The Morgan fingerprint density at radius 1 is 1.24 bits per heavy atom. The van der Waals surface area contributed by atoms with Gasteiger partial charge < -0.3 is 9.47 Å². The zero-order chi connectivity index (χ0) is 15.2. The van der Waals surface area contributed by atoms with Gasteiger partial charge in [0.05, 0.1) is 18.7 Å². The molecule has 0 saturated heterocycles. The van der Waals surface area contributed by atoms with Gasteiger partial charge in [-0.2, -0.15) is 5.26 Å². The molecule has 0 bridgehead atoms. The molecule has 0 saturated carbocycles. The van der Waals surface area contributed by atoms with Crippen molar-refractivity contribution < 1.29 is 18.7 Å².